The SMILES string of the molecule is CCC(C)C(=O)OC(C)C(=O)OCC(F)(F)C(F)(F)F. The molecular formula is C11H15F5O4. The van der Waals surface area contributed by atoms with Crippen molar-refractivity contribution >= 4 is 11.9 Å². The molecule has 0 fully saturated rings. The second kappa shape index (κ2) is 6.85. The molecule has 2 unspecified atom stereocenters. The van der Waals surface area contributed by atoms with E-state index in [-0.39, 0.29) is 0 Å². The lowest BCUT2D eigenvalue weighted by atomic mass is 10.1. The van der Waals surface area contributed by atoms with Gasteiger partial charge in [0.25, 0.3) is 0 Å². The fraction of sp³-hybridized carbons (Fsp3) is 0.818. The van der Waals surface area contributed by atoms with Crippen LogP contribution in [0.1, 0.15) is 27.2 Å². The first-order valence-corrected chi connectivity index (χ1v) is 5.74. The number of carbonyl (C=O) groups excluding carboxylic acids is 2. The number of carbonyl (C=O) groups is 2. The number of alkyl halides is 5. The van der Waals surface area contributed by atoms with E-state index in [1.165, 1.54) is 6.92 Å². The number of rotatable bonds is 6. The van der Waals surface area contributed by atoms with Crippen LogP contribution in [0, 0.1) is 5.92 Å². The molecule has 0 N–H and O–H groups in total. The molecule has 0 aromatic carbocycles. The van der Waals surface area contributed by atoms with Gasteiger partial charge >= 0.3 is 24.0 Å². The summed E-state index contributed by atoms with van der Waals surface area (Å²) in [7, 11) is 0. The molecule has 2 atom stereocenters. The maximum absolute atomic E-state index is 12.5. The van der Waals surface area contributed by atoms with E-state index in [4.69, 9.17) is 0 Å². The Balaban J connectivity index is 4.39. The van der Waals surface area contributed by atoms with Crippen molar-refractivity contribution in [3.8, 4) is 0 Å². The van der Waals surface area contributed by atoms with E-state index in [2.05, 4.69) is 9.47 Å². The molecule has 0 aliphatic heterocycles. The molecular weight excluding hydrogens is 291 g/mol. The van der Waals surface area contributed by atoms with Crippen molar-refractivity contribution in [2.75, 3.05) is 6.61 Å². The van der Waals surface area contributed by atoms with E-state index < -0.39 is 42.7 Å². The van der Waals surface area contributed by atoms with E-state index >= 15 is 0 Å². The molecule has 0 bridgehead atoms. The van der Waals surface area contributed by atoms with Gasteiger partial charge in [-0.3, -0.25) is 4.79 Å². The summed E-state index contributed by atoms with van der Waals surface area (Å²) in [6.07, 6.45) is -6.95. The Kier molecular flexibility index (Phi) is 6.36. The Morgan fingerprint density at radius 3 is 1.95 bits per heavy atom. The summed E-state index contributed by atoms with van der Waals surface area (Å²) in [6.45, 7) is 2.06. The third-order valence-corrected chi connectivity index (χ3v) is 2.45. The largest absolute Gasteiger partial charge is 0.456 e. The average Bonchev–Trinajstić information content (AvgIpc) is 2.33. The van der Waals surface area contributed by atoms with E-state index in [0.717, 1.165) is 6.92 Å². The van der Waals surface area contributed by atoms with Crippen molar-refractivity contribution in [2.24, 2.45) is 5.92 Å². The third-order valence-electron chi connectivity index (χ3n) is 2.45. The molecule has 0 saturated heterocycles. The number of esters is 2. The molecule has 0 amide bonds. The minimum atomic E-state index is -5.82. The quantitative estimate of drug-likeness (QED) is 0.559. The molecule has 0 saturated carbocycles. The van der Waals surface area contributed by atoms with Crippen LogP contribution in [-0.4, -0.2) is 36.7 Å². The van der Waals surface area contributed by atoms with Crippen LogP contribution in [0.2, 0.25) is 0 Å². The molecule has 0 rings (SSSR count). The molecule has 118 valence electrons. The second-order valence-corrected chi connectivity index (χ2v) is 4.20. The Bertz CT molecular complexity index is 353. The Hall–Kier alpha value is -1.41. The lowest BCUT2D eigenvalue weighted by Crippen LogP contribution is -2.42. The van der Waals surface area contributed by atoms with Gasteiger partial charge in [0.15, 0.2) is 12.7 Å². The average molecular weight is 306 g/mol. The van der Waals surface area contributed by atoms with Gasteiger partial charge in [0, 0.05) is 0 Å². The van der Waals surface area contributed by atoms with Gasteiger partial charge in [-0.15, -0.1) is 0 Å². The summed E-state index contributed by atoms with van der Waals surface area (Å²) in [6, 6.07) is 0. The molecule has 0 aliphatic rings. The van der Waals surface area contributed by atoms with E-state index in [0.29, 0.717) is 6.42 Å². The van der Waals surface area contributed by atoms with Crippen molar-refractivity contribution < 1.29 is 41.0 Å². The van der Waals surface area contributed by atoms with Gasteiger partial charge in [0.05, 0.1) is 5.92 Å². The maximum atomic E-state index is 12.5. The van der Waals surface area contributed by atoms with Crippen LogP contribution < -0.4 is 0 Å². The van der Waals surface area contributed by atoms with Gasteiger partial charge < -0.3 is 9.47 Å². The molecule has 9 heteroatoms. The summed E-state index contributed by atoms with van der Waals surface area (Å²) in [5, 5.41) is 0. The molecule has 20 heavy (non-hydrogen) atoms. The van der Waals surface area contributed by atoms with E-state index in [9.17, 15) is 31.5 Å². The Morgan fingerprint density at radius 1 is 1.05 bits per heavy atom. The van der Waals surface area contributed by atoms with Crippen molar-refractivity contribution in [3.63, 3.8) is 0 Å². The molecule has 0 radical (unpaired) electrons. The third kappa shape index (κ3) is 5.30. The first kappa shape index (κ1) is 18.6. The van der Waals surface area contributed by atoms with Crippen molar-refractivity contribution in [3.05, 3.63) is 0 Å². The summed E-state index contributed by atoms with van der Waals surface area (Å²) in [5.41, 5.74) is 0. The highest BCUT2D eigenvalue weighted by atomic mass is 19.4. The normalized spacial score (nSPS) is 15.4. The highest BCUT2D eigenvalue weighted by Gasteiger charge is 2.58. The highest BCUT2D eigenvalue weighted by Crippen LogP contribution is 2.35. The molecule has 0 aromatic rings. The minimum absolute atomic E-state index is 0.423. The predicted octanol–water partition coefficient (Wildman–Crippen LogP) is 2.71. The number of hydrogen-bond donors (Lipinski definition) is 0. The van der Waals surface area contributed by atoms with E-state index in [1.807, 2.05) is 0 Å². The summed E-state index contributed by atoms with van der Waals surface area (Å²) in [5.74, 6) is -7.91. The standard InChI is InChI=1S/C11H15F5O4/c1-4-6(2)8(17)20-7(3)9(18)19-5-10(12,13)11(14,15)16/h6-7H,4-5H2,1-3H3. The predicted molar refractivity (Wildman–Crippen MR) is 57.0 cm³/mol. The first-order valence-electron chi connectivity index (χ1n) is 5.74. The lowest BCUT2D eigenvalue weighted by Gasteiger charge is -2.20. The zero-order valence-electron chi connectivity index (χ0n) is 11.1. The van der Waals surface area contributed by atoms with Crippen LogP contribution >= 0.6 is 0 Å². The molecule has 0 aromatic heterocycles. The van der Waals surface area contributed by atoms with Crippen molar-refractivity contribution in [1.29, 1.82) is 0 Å². The fourth-order valence-electron chi connectivity index (χ4n) is 0.866. The molecule has 0 spiro atoms. The van der Waals surface area contributed by atoms with Crippen molar-refractivity contribution in [1.82, 2.24) is 0 Å². The molecule has 0 heterocycles. The zero-order valence-corrected chi connectivity index (χ0v) is 11.1. The number of halogens is 5. The smallest absolute Gasteiger partial charge is 0.456 e. The van der Waals surface area contributed by atoms with Gasteiger partial charge in [-0.2, -0.15) is 22.0 Å². The van der Waals surface area contributed by atoms with Crippen LogP contribution in [-0.2, 0) is 19.1 Å². The minimum Gasteiger partial charge on any atom is -0.456 e. The maximum Gasteiger partial charge on any atom is 0.456 e. The number of ether oxygens (including phenoxy) is 2. The van der Waals surface area contributed by atoms with Crippen molar-refractivity contribution in [2.45, 2.75) is 45.4 Å². The Labute approximate surface area is 112 Å². The molecule has 0 aliphatic carbocycles. The van der Waals surface area contributed by atoms with E-state index in [1.54, 1.807) is 6.92 Å². The van der Waals surface area contributed by atoms with Crippen LogP contribution in [0.15, 0.2) is 0 Å². The Morgan fingerprint density at radius 2 is 1.55 bits per heavy atom. The van der Waals surface area contributed by atoms with Gasteiger partial charge in [-0.05, 0) is 13.3 Å². The summed E-state index contributed by atoms with van der Waals surface area (Å²) < 4.78 is 68.8. The monoisotopic (exact) mass is 306 g/mol. The van der Waals surface area contributed by atoms with Gasteiger partial charge in [0.2, 0.25) is 0 Å². The lowest BCUT2D eigenvalue weighted by molar-refractivity contribution is -0.294. The molecule has 4 nitrogen and oxygen atoms in total. The fourth-order valence-corrected chi connectivity index (χ4v) is 0.866. The van der Waals surface area contributed by atoms with Gasteiger partial charge in [-0.1, -0.05) is 13.8 Å². The van der Waals surface area contributed by atoms with Crippen LogP contribution in [0.25, 0.3) is 0 Å². The topological polar surface area (TPSA) is 52.6 Å². The van der Waals surface area contributed by atoms with Crippen LogP contribution in [0.4, 0.5) is 22.0 Å². The van der Waals surface area contributed by atoms with Crippen LogP contribution in [0.3, 0.4) is 0 Å². The first-order chi connectivity index (χ1) is 8.92. The summed E-state index contributed by atoms with van der Waals surface area (Å²) in [4.78, 5) is 22.5. The van der Waals surface area contributed by atoms with Gasteiger partial charge in [-0.25, -0.2) is 4.79 Å². The highest BCUT2D eigenvalue weighted by molar-refractivity contribution is 5.79. The second-order valence-electron chi connectivity index (χ2n) is 4.20. The van der Waals surface area contributed by atoms with Gasteiger partial charge in [0.1, 0.15) is 0 Å². The number of hydrogen-bond acceptors (Lipinski definition) is 4. The zero-order chi connectivity index (χ0) is 16.1. The summed E-state index contributed by atoms with van der Waals surface area (Å²) >= 11 is 0. The van der Waals surface area contributed by atoms with Crippen LogP contribution in [0.5, 0.6) is 0 Å².